The highest BCUT2D eigenvalue weighted by Gasteiger charge is 2.37. The summed E-state index contributed by atoms with van der Waals surface area (Å²) in [5.41, 5.74) is 1.90. The third kappa shape index (κ3) is 3.33. The number of benzene rings is 1. The highest BCUT2D eigenvalue weighted by Crippen LogP contribution is 2.54. The van der Waals surface area contributed by atoms with Crippen molar-refractivity contribution in [3.8, 4) is 0 Å². The number of hydrogen-bond acceptors (Lipinski definition) is 5. The molecule has 5 nitrogen and oxygen atoms in total. The van der Waals surface area contributed by atoms with E-state index in [9.17, 15) is 5.11 Å². The molecule has 25 heavy (non-hydrogen) atoms. The van der Waals surface area contributed by atoms with Crippen molar-refractivity contribution in [1.29, 1.82) is 0 Å². The van der Waals surface area contributed by atoms with E-state index in [4.69, 9.17) is 11.6 Å². The van der Waals surface area contributed by atoms with Crippen LogP contribution in [0.5, 0.6) is 0 Å². The van der Waals surface area contributed by atoms with E-state index in [0.717, 1.165) is 21.9 Å². The van der Waals surface area contributed by atoms with Gasteiger partial charge in [-0.1, -0.05) is 29.8 Å². The van der Waals surface area contributed by atoms with Gasteiger partial charge in [-0.2, -0.15) is 0 Å². The van der Waals surface area contributed by atoms with Gasteiger partial charge in [0.15, 0.2) is 0 Å². The van der Waals surface area contributed by atoms with E-state index >= 15 is 0 Å². The van der Waals surface area contributed by atoms with Crippen molar-refractivity contribution in [2.24, 2.45) is 5.92 Å². The van der Waals surface area contributed by atoms with Crippen LogP contribution in [0.4, 0.5) is 0 Å². The van der Waals surface area contributed by atoms with Crippen LogP contribution in [0.3, 0.4) is 0 Å². The fourth-order valence-electron chi connectivity index (χ4n) is 2.93. The van der Waals surface area contributed by atoms with Crippen LogP contribution >= 0.6 is 23.4 Å². The van der Waals surface area contributed by atoms with E-state index in [0.29, 0.717) is 5.02 Å². The van der Waals surface area contributed by atoms with Crippen molar-refractivity contribution in [2.45, 2.75) is 11.4 Å². The van der Waals surface area contributed by atoms with Crippen LogP contribution in [0.25, 0.3) is 4.91 Å². The predicted molar refractivity (Wildman–Crippen MR) is 98.8 cm³/mol. The first-order chi connectivity index (χ1) is 12.2. The summed E-state index contributed by atoms with van der Waals surface area (Å²) in [4.78, 5) is 8.24. The van der Waals surface area contributed by atoms with E-state index in [1.165, 1.54) is 0 Å². The highest BCUT2D eigenvalue weighted by molar-refractivity contribution is 8.08. The quantitative estimate of drug-likeness (QED) is 0.725. The number of aliphatic hydroxyl groups is 1. The third-order valence-corrected chi connectivity index (χ3v) is 5.86. The molecule has 126 valence electrons. The Bertz CT molecular complexity index is 868. The van der Waals surface area contributed by atoms with Gasteiger partial charge in [0.25, 0.3) is 0 Å². The van der Waals surface area contributed by atoms with Gasteiger partial charge in [-0.05, 0) is 35.4 Å². The van der Waals surface area contributed by atoms with E-state index in [1.54, 1.807) is 42.6 Å². The van der Waals surface area contributed by atoms with E-state index in [1.807, 2.05) is 24.3 Å². The second-order valence-corrected chi connectivity index (χ2v) is 7.37. The summed E-state index contributed by atoms with van der Waals surface area (Å²) >= 11 is 7.63. The van der Waals surface area contributed by atoms with Crippen molar-refractivity contribution in [3.63, 3.8) is 0 Å². The molecule has 1 aliphatic heterocycles. The molecule has 0 radical (unpaired) electrons. The Morgan fingerprint density at radius 2 is 1.88 bits per heavy atom. The lowest BCUT2D eigenvalue weighted by Crippen LogP contribution is -2.15. The molecule has 0 spiro atoms. The number of aliphatic hydroxyl groups excluding tert-OH is 1. The van der Waals surface area contributed by atoms with Crippen molar-refractivity contribution in [2.75, 3.05) is 0 Å². The van der Waals surface area contributed by atoms with Gasteiger partial charge in [-0.3, -0.25) is 4.98 Å². The second-order valence-electron chi connectivity index (χ2n) is 5.75. The molecular formula is C18H15ClN4OS. The van der Waals surface area contributed by atoms with Gasteiger partial charge in [-0.15, -0.1) is 22.0 Å². The summed E-state index contributed by atoms with van der Waals surface area (Å²) in [6.45, 7) is 0. The lowest BCUT2D eigenvalue weighted by atomic mass is 9.91. The molecule has 3 aromatic rings. The molecule has 1 aromatic carbocycles. The van der Waals surface area contributed by atoms with Crippen LogP contribution in [-0.4, -0.2) is 25.3 Å². The molecule has 2 aromatic heterocycles. The zero-order chi connectivity index (χ0) is 17.2. The Labute approximate surface area is 154 Å². The topological polar surface area (TPSA) is 74.7 Å². The molecule has 0 bridgehead atoms. The zero-order valence-corrected chi connectivity index (χ0v) is 14.7. The second kappa shape index (κ2) is 7.00. The van der Waals surface area contributed by atoms with Crippen LogP contribution in [0.2, 0.25) is 5.02 Å². The van der Waals surface area contributed by atoms with Gasteiger partial charge >= 0.3 is 0 Å². The van der Waals surface area contributed by atoms with Crippen LogP contribution in [0.1, 0.15) is 28.3 Å². The number of pyridine rings is 1. The van der Waals surface area contributed by atoms with E-state index in [2.05, 4.69) is 26.2 Å². The number of nitrogens with zero attached hydrogens (tertiary/aromatic N) is 3. The largest absolute Gasteiger partial charge is 0.388 e. The maximum Gasteiger partial charge on any atom is 0.144 e. The Morgan fingerprint density at radius 3 is 2.56 bits per heavy atom. The minimum absolute atomic E-state index is 0.0451. The van der Waals surface area contributed by atoms with Gasteiger partial charge in [-0.25, -0.2) is 0 Å². The van der Waals surface area contributed by atoms with Crippen LogP contribution in [-0.2, 0) is 0 Å². The Hall–Kier alpha value is -2.15. The van der Waals surface area contributed by atoms with Crippen molar-refractivity contribution in [1.82, 2.24) is 20.2 Å². The van der Waals surface area contributed by atoms with Crippen LogP contribution in [0, 0.1) is 5.92 Å². The summed E-state index contributed by atoms with van der Waals surface area (Å²) in [6, 6.07) is 11.2. The lowest BCUT2D eigenvalue weighted by Gasteiger charge is -2.22. The summed E-state index contributed by atoms with van der Waals surface area (Å²) in [5.74, 6) is 0.616. The molecule has 0 aliphatic carbocycles. The van der Waals surface area contributed by atoms with Gasteiger partial charge in [0.2, 0.25) is 0 Å². The predicted octanol–water partition coefficient (Wildman–Crippen LogP) is 4.03. The number of aromatic amines is 1. The Morgan fingerprint density at radius 1 is 1.12 bits per heavy atom. The van der Waals surface area contributed by atoms with Gasteiger partial charge < -0.3 is 10.1 Å². The standard InChI is InChI=1S/C18H15ClN4OS/c19-13-3-1-12(2-4-13)16(24)14-9-15(11-5-7-20-8-6-11)25-17(14)18-21-10-22-23-18/h1-10,14,16-17,24H,(H,21,22,23). The minimum atomic E-state index is -0.667. The van der Waals surface area contributed by atoms with Crippen LogP contribution < -0.4 is 0 Å². The first-order valence-corrected chi connectivity index (χ1v) is 9.06. The maximum absolute atomic E-state index is 11.0. The molecule has 3 unspecified atom stereocenters. The smallest absolute Gasteiger partial charge is 0.144 e. The SMILES string of the molecule is OC(c1ccc(Cl)cc1)C1C=C(c2ccncc2)SC1c1nnc[nH]1. The number of nitrogens with one attached hydrogen (secondary N) is 1. The van der Waals surface area contributed by atoms with Crippen molar-refractivity contribution in [3.05, 3.63) is 83.2 Å². The molecule has 2 N–H and O–H groups in total. The zero-order valence-electron chi connectivity index (χ0n) is 13.1. The number of H-pyrrole nitrogens is 1. The van der Waals surface area contributed by atoms with Crippen molar-refractivity contribution >= 4 is 28.3 Å². The molecule has 7 heteroatoms. The first kappa shape index (κ1) is 16.3. The summed E-state index contributed by atoms with van der Waals surface area (Å²) in [7, 11) is 0. The van der Waals surface area contributed by atoms with Gasteiger partial charge in [0.1, 0.15) is 12.2 Å². The summed E-state index contributed by atoms with van der Waals surface area (Å²) in [5, 5.41) is 19.6. The average Bonchev–Trinajstić information content (AvgIpc) is 3.32. The fraction of sp³-hybridized carbons (Fsp3) is 0.167. The van der Waals surface area contributed by atoms with Crippen molar-refractivity contribution < 1.29 is 5.11 Å². The molecule has 0 saturated heterocycles. The number of halogens is 1. The molecule has 3 atom stereocenters. The highest BCUT2D eigenvalue weighted by atomic mass is 35.5. The number of hydrogen-bond donors (Lipinski definition) is 2. The fourth-order valence-corrected chi connectivity index (χ4v) is 4.45. The third-order valence-electron chi connectivity index (χ3n) is 4.19. The summed E-state index contributed by atoms with van der Waals surface area (Å²) < 4.78 is 0. The molecule has 1 aliphatic rings. The normalized spacial score (nSPS) is 21.1. The molecule has 0 amide bonds. The van der Waals surface area contributed by atoms with E-state index in [-0.39, 0.29) is 11.2 Å². The molecule has 4 rings (SSSR count). The van der Waals surface area contributed by atoms with Gasteiger partial charge in [0.05, 0.1) is 11.4 Å². The van der Waals surface area contributed by atoms with Crippen LogP contribution in [0.15, 0.2) is 61.2 Å². The van der Waals surface area contributed by atoms with E-state index < -0.39 is 6.10 Å². The Balaban J connectivity index is 1.70. The Kier molecular flexibility index (Phi) is 4.57. The van der Waals surface area contributed by atoms with Gasteiger partial charge in [0, 0.05) is 28.2 Å². The number of aromatic nitrogens is 4. The monoisotopic (exact) mass is 370 g/mol. The number of thioether (sulfide) groups is 1. The maximum atomic E-state index is 11.0. The molecule has 3 heterocycles. The first-order valence-electron chi connectivity index (χ1n) is 7.81. The summed E-state index contributed by atoms with van der Waals surface area (Å²) in [6.07, 6.45) is 6.53. The minimum Gasteiger partial charge on any atom is -0.388 e. The number of rotatable bonds is 4. The lowest BCUT2D eigenvalue weighted by molar-refractivity contribution is 0.130. The molecular weight excluding hydrogens is 356 g/mol. The average molecular weight is 371 g/mol. The molecule has 0 saturated carbocycles. The molecule has 0 fully saturated rings.